The molecule has 4 aliphatic rings. The summed E-state index contributed by atoms with van der Waals surface area (Å²) in [5.41, 5.74) is 2.59. The van der Waals surface area contributed by atoms with Gasteiger partial charge in [0.25, 0.3) is 0 Å². The quantitative estimate of drug-likeness (QED) is 0.180. The number of para-hydroxylation sites is 1. The van der Waals surface area contributed by atoms with Gasteiger partial charge in [-0.1, -0.05) is 28.6 Å². The first-order valence-electron chi connectivity index (χ1n) is 15.1. The molecule has 4 aromatic rings. The highest BCUT2D eigenvalue weighted by Gasteiger charge is 2.47. The fourth-order valence-electron chi connectivity index (χ4n) is 6.52. The number of hydrogen-bond donors (Lipinski definition) is 1. The number of esters is 1. The maximum absolute atomic E-state index is 13.2. The van der Waals surface area contributed by atoms with Crippen molar-refractivity contribution in [3.05, 3.63) is 53.3 Å². The van der Waals surface area contributed by atoms with Crippen molar-refractivity contribution in [2.24, 2.45) is 0 Å². The number of nitrogens with one attached hydrogen (secondary N) is 1. The van der Waals surface area contributed by atoms with E-state index in [1.165, 1.54) is 19.2 Å². The highest BCUT2D eigenvalue weighted by atomic mass is 32.1. The molecule has 2 aromatic heterocycles. The molecule has 2 saturated heterocycles. The lowest BCUT2D eigenvalue weighted by Crippen LogP contribution is -2.64. The van der Waals surface area contributed by atoms with Gasteiger partial charge < -0.3 is 29.0 Å². The Morgan fingerprint density at radius 2 is 1.89 bits per heavy atom. The zero-order valence-electron chi connectivity index (χ0n) is 25.0. The molecule has 2 aliphatic heterocycles. The van der Waals surface area contributed by atoms with Crippen molar-refractivity contribution in [3.8, 4) is 22.8 Å². The normalized spacial score (nSPS) is 21.2. The van der Waals surface area contributed by atoms with Gasteiger partial charge in [-0.15, -0.1) is 13.2 Å². The zero-order chi connectivity index (χ0) is 31.5. The molecule has 13 heteroatoms. The smallest absolute Gasteiger partial charge is 0.489 e. The molecule has 2 saturated carbocycles. The number of halogens is 3. The Hall–Kier alpha value is -3.84. The number of nitrogens with zero attached hydrogens (tertiary/aromatic N) is 3. The molecule has 2 aliphatic carbocycles. The third-order valence-corrected chi connectivity index (χ3v) is 9.62. The van der Waals surface area contributed by atoms with Crippen LogP contribution in [0, 0.1) is 0 Å². The molecule has 2 aromatic carbocycles. The average molecular weight is 643 g/mol. The molecule has 45 heavy (non-hydrogen) atoms. The van der Waals surface area contributed by atoms with Crippen LogP contribution in [-0.2, 0) is 11.3 Å². The van der Waals surface area contributed by atoms with Gasteiger partial charge in [-0.3, -0.25) is 0 Å². The average Bonchev–Trinajstić information content (AvgIpc) is 3.61. The second-order valence-corrected chi connectivity index (χ2v) is 13.2. The summed E-state index contributed by atoms with van der Waals surface area (Å²) in [6.07, 6.45) is -0.118. The van der Waals surface area contributed by atoms with Crippen LogP contribution >= 0.6 is 11.3 Å². The van der Waals surface area contributed by atoms with Crippen LogP contribution in [0.3, 0.4) is 0 Å². The van der Waals surface area contributed by atoms with E-state index in [1.54, 1.807) is 35.6 Å². The Morgan fingerprint density at radius 1 is 1.13 bits per heavy atom. The number of anilines is 1. The van der Waals surface area contributed by atoms with Crippen LogP contribution in [0.25, 0.3) is 21.5 Å². The maximum atomic E-state index is 13.2. The monoisotopic (exact) mass is 642 g/mol. The standard InChI is InChI=1S/C32H33F3N4O5S/c1-16(2)42-25-10-18(30(40)41-3)11-26-28(25)37-31(45-26)39-20-12-19(13-21(39)14-20)36-15-23-27(38-44-29(23)17-8-9-17)22-6-4-5-7-24(22)43-32(33,34)35/h4-7,10-11,16-17,19-21,36H,8-9,12-15H2,1-3H3. The van der Waals surface area contributed by atoms with Gasteiger partial charge >= 0.3 is 12.3 Å². The van der Waals surface area contributed by atoms with Gasteiger partial charge in [0.2, 0.25) is 0 Å². The van der Waals surface area contributed by atoms with E-state index in [1.807, 2.05) is 13.8 Å². The number of hydrogen-bond acceptors (Lipinski definition) is 10. The molecule has 8 rings (SSSR count). The number of fused-ring (bicyclic) bond motifs is 3. The predicted octanol–water partition coefficient (Wildman–Crippen LogP) is 7.20. The van der Waals surface area contributed by atoms with Gasteiger partial charge in [0.1, 0.15) is 28.5 Å². The summed E-state index contributed by atoms with van der Waals surface area (Å²) < 4.78 is 61.3. The van der Waals surface area contributed by atoms with Crippen molar-refractivity contribution >= 4 is 32.7 Å². The van der Waals surface area contributed by atoms with E-state index in [2.05, 4.69) is 20.1 Å². The van der Waals surface area contributed by atoms with Crippen LogP contribution in [-0.4, -0.2) is 53.8 Å². The number of rotatable bonds is 10. The Morgan fingerprint density at radius 3 is 2.58 bits per heavy atom. The second-order valence-electron chi connectivity index (χ2n) is 12.2. The first-order chi connectivity index (χ1) is 21.6. The molecule has 4 heterocycles. The lowest BCUT2D eigenvalue weighted by Gasteiger charge is -2.55. The minimum absolute atomic E-state index is 0.0847. The van der Waals surface area contributed by atoms with Crippen LogP contribution in [0.15, 0.2) is 40.9 Å². The van der Waals surface area contributed by atoms with Gasteiger partial charge in [0, 0.05) is 41.7 Å². The number of benzene rings is 2. The Balaban J connectivity index is 1.08. The van der Waals surface area contributed by atoms with Crippen molar-refractivity contribution in [3.63, 3.8) is 0 Å². The molecule has 0 radical (unpaired) electrons. The molecule has 1 N–H and O–H groups in total. The van der Waals surface area contributed by atoms with Gasteiger partial charge in [-0.05, 0) is 70.2 Å². The van der Waals surface area contributed by atoms with Gasteiger partial charge in [0.05, 0.1) is 23.5 Å². The van der Waals surface area contributed by atoms with Crippen LogP contribution in [0.5, 0.6) is 11.5 Å². The Labute approximate surface area is 261 Å². The van der Waals surface area contributed by atoms with E-state index >= 15 is 0 Å². The van der Waals surface area contributed by atoms with Crippen molar-refractivity contribution in [1.29, 1.82) is 0 Å². The van der Waals surface area contributed by atoms with Crippen LogP contribution in [0.2, 0.25) is 0 Å². The number of ether oxygens (including phenoxy) is 3. The molecule has 0 spiro atoms. The molecular formula is C32H33F3N4O5S. The largest absolute Gasteiger partial charge is 0.573 e. The lowest BCUT2D eigenvalue weighted by atomic mass is 9.77. The highest BCUT2D eigenvalue weighted by Crippen LogP contribution is 2.48. The number of methoxy groups -OCH3 is 1. The molecule has 0 amide bonds. The van der Waals surface area contributed by atoms with Crippen LogP contribution < -0.4 is 19.7 Å². The van der Waals surface area contributed by atoms with E-state index in [0.717, 1.165) is 58.8 Å². The summed E-state index contributed by atoms with van der Waals surface area (Å²) in [5, 5.41) is 8.79. The summed E-state index contributed by atoms with van der Waals surface area (Å²) in [4.78, 5) is 19.6. The molecule has 4 fully saturated rings. The molecular weight excluding hydrogens is 609 g/mol. The second kappa shape index (κ2) is 11.5. The maximum Gasteiger partial charge on any atom is 0.573 e. The van der Waals surface area contributed by atoms with E-state index in [0.29, 0.717) is 35.6 Å². The van der Waals surface area contributed by atoms with Gasteiger partial charge in [-0.25, -0.2) is 9.78 Å². The topological polar surface area (TPSA) is 99.0 Å². The van der Waals surface area contributed by atoms with Crippen molar-refractivity contribution in [1.82, 2.24) is 15.5 Å². The van der Waals surface area contributed by atoms with Crippen molar-refractivity contribution in [2.45, 2.75) is 89.0 Å². The number of alkyl halides is 3. The number of carbonyl (C=O) groups is 1. The summed E-state index contributed by atoms with van der Waals surface area (Å²) >= 11 is 1.54. The highest BCUT2D eigenvalue weighted by molar-refractivity contribution is 7.22. The molecule has 238 valence electrons. The fourth-order valence-corrected chi connectivity index (χ4v) is 7.69. The fraction of sp³-hybridized carbons (Fsp3) is 0.469. The minimum atomic E-state index is -4.82. The summed E-state index contributed by atoms with van der Waals surface area (Å²) in [7, 11) is 1.36. The van der Waals surface area contributed by atoms with E-state index in [9.17, 15) is 18.0 Å². The first-order valence-corrected chi connectivity index (χ1v) is 15.9. The molecule has 2 unspecified atom stereocenters. The Bertz CT molecular complexity index is 1720. The lowest BCUT2D eigenvalue weighted by molar-refractivity contribution is -0.274. The van der Waals surface area contributed by atoms with Crippen molar-refractivity contribution in [2.75, 3.05) is 12.0 Å². The van der Waals surface area contributed by atoms with Crippen LogP contribution in [0.1, 0.15) is 73.6 Å². The molecule has 2 bridgehead atoms. The van der Waals surface area contributed by atoms with Crippen LogP contribution in [0.4, 0.5) is 18.3 Å². The minimum Gasteiger partial charge on any atom is -0.489 e. The summed E-state index contributed by atoms with van der Waals surface area (Å²) in [6.45, 7) is 4.30. The third-order valence-electron chi connectivity index (χ3n) is 8.60. The predicted molar refractivity (Wildman–Crippen MR) is 162 cm³/mol. The SMILES string of the molecule is COC(=O)c1cc(OC(C)C)c2nc(N3C4CC(NCc5c(-c6ccccc6OC(F)(F)F)noc5C5CC5)CC3C4)sc2c1. The molecule has 9 nitrogen and oxygen atoms in total. The molecule has 2 atom stereocenters. The zero-order valence-corrected chi connectivity index (χ0v) is 25.8. The number of aromatic nitrogens is 2. The summed E-state index contributed by atoms with van der Waals surface area (Å²) in [6, 6.07) is 10.3. The van der Waals surface area contributed by atoms with Gasteiger partial charge in [0.15, 0.2) is 5.13 Å². The van der Waals surface area contributed by atoms with E-state index < -0.39 is 12.3 Å². The number of carbonyl (C=O) groups excluding carboxylic acids is 1. The van der Waals surface area contributed by atoms with E-state index in [-0.39, 0.29) is 29.4 Å². The first kappa shape index (κ1) is 29.8. The number of piperidine rings is 1. The Kier molecular flexibility index (Phi) is 7.63. The van der Waals surface area contributed by atoms with E-state index in [4.69, 9.17) is 19.0 Å². The summed E-state index contributed by atoms with van der Waals surface area (Å²) in [5.74, 6) is 0.813. The third kappa shape index (κ3) is 5.95. The van der Waals surface area contributed by atoms with Crippen molar-refractivity contribution < 1.29 is 36.7 Å². The van der Waals surface area contributed by atoms with Gasteiger partial charge in [-0.2, -0.15) is 0 Å². The number of thiazole rings is 1.